The van der Waals surface area contributed by atoms with Crippen LogP contribution in [0.2, 0.25) is 0 Å². The van der Waals surface area contributed by atoms with Crippen LogP contribution in [0, 0.1) is 5.82 Å². The largest absolute Gasteiger partial charge is 0.355 e. The van der Waals surface area contributed by atoms with Gasteiger partial charge in [0.2, 0.25) is 5.95 Å². The SMILES string of the molecule is CCCc1cc(N2CCC(N(C)C)C2)nc(Nc2ccc(F)cc2)n1. The van der Waals surface area contributed by atoms with E-state index in [-0.39, 0.29) is 5.82 Å². The normalized spacial score (nSPS) is 17.3. The Morgan fingerprint density at radius 1 is 1.24 bits per heavy atom. The molecule has 2 aromatic rings. The topological polar surface area (TPSA) is 44.3 Å². The highest BCUT2D eigenvalue weighted by atomic mass is 19.1. The van der Waals surface area contributed by atoms with Crippen molar-refractivity contribution in [3.05, 3.63) is 41.8 Å². The van der Waals surface area contributed by atoms with Gasteiger partial charge in [0.05, 0.1) is 0 Å². The van der Waals surface area contributed by atoms with Crippen molar-refractivity contribution in [3.63, 3.8) is 0 Å². The molecule has 0 bridgehead atoms. The molecule has 3 rings (SSSR count). The summed E-state index contributed by atoms with van der Waals surface area (Å²) in [6.45, 7) is 4.12. The van der Waals surface area contributed by atoms with Crippen LogP contribution in [-0.2, 0) is 6.42 Å². The fourth-order valence-electron chi connectivity index (χ4n) is 3.12. The third kappa shape index (κ3) is 4.45. The molecule has 134 valence electrons. The van der Waals surface area contributed by atoms with Crippen molar-refractivity contribution in [1.82, 2.24) is 14.9 Å². The van der Waals surface area contributed by atoms with E-state index in [9.17, 15) is 4.39 Å². The molecule has 1 aliphatic rings. The van der Waals surface area contributed by atoms with Gasteiger partial charge in [-0.25, -0.2) is 9.37 Å². The van der Waals surface area contributed by atoms with Gasteiger partial charge in [-0.05, 0) is 51.2 Å². The number of halogens is 1. The number of benzene rings is 1. The lowest BCUT2D eigenvalue weighted by Crippen LogP contribution is -2.31. The number of hydrogen-bond donors (Lipinski definition) is 1. The molecule has 1 saturated heterocycles. The van der Waals surface area contributed by atoms with Crippen LogP contribution < -0.4 is 10.2 Å². The van der Waals surface area contributed by atoms with Crippen molar-refractivity contribution in [2.45, 2.75) is 32.2 Å². The average molecular weight is 343 g/mol. The van der Waals surface area contributed by atoms with Gasteiger partial charge in [0.1, 0.15) is 11.6 Å². The van der Waals surface area contributed by atoms with Crippen molar-refractivity contribution in [2.75, 3.05) is 37.4 Å². The van der Waals surface area contributed by atoms with Crippen LogP contribution in [0.4, 0.5) is 21.8 Å². The summed E-state index contributed by atoms with van der Waals surface area (Å²) < 4.78 is 13.1. The van der Waals surface area contributed by atoms with Crippen LogP contribution in [-0.4, -0.2) is 48.1 Å². The molecule has 1 unspecified atom stereocenters. The quantitative estimate of drug-likeness (QED) is 0.870. The summed E-state index contributed by atoms with van der Waals surface area (Å²) in [7, 11) is 4.25. The summed E-state index contributed by atoms with van der Waals surface area (Å²) in [6.07, 6.45) is 3.09. The Bertz CT molecular complexity index is 701. The summed E-state index contributed by atoms with van der Waals surface area (Å²) in [4.78, 5) is 13.9. The third-order valence-electron chi connectivity index (χ3n) is 4.59. The molecule has 0 saturated carbocycles. The van der Waals surface area contributed by atoms with Crippen molar-refractivity contribution in [2.24, 2.45) is 0 Å². The van der Waals surface area contributed by atoms with E-state index in [1.807, 2.05) is 0 Å². The second-order valence-electron chi connectivity index (χ2n) is 6.78. The van der Waals surface area contributed by atoms with E-state index in [1.54, 1.807) is 12.1 Å². The van der Waals surface area contributed by atoms with Gasteiger partial charge in [-0.1, -0.05) is 13.3 Å². The van der Waals surface area contributed by atoms with Crippen molar-refractivity contribution in [3.8, 4) is 0 Å². The summed E-state index contributed by atoms with van der Waals surface area (Å²) in [6, 6.07) is 8.91. The van der Waals surface area contributed by atoms with Crippen LogP contribution >= 0.6 is 0 Å². The van der Waals surface area contributed by atoms with Crippen LogP contribution in [0.5, 0.6) is 0 Å². The predicted octanol–water partition coefficient (Wildman–Crippen LogP) is 3.45. The Morgan fingerprint density at radius 3 is 2.64 bits per heavy atom. The van der Waals surface area contributed by atoms with E-state index in [1.165, 1.54) is 12.1 Å². The minimum Gasteiger partial charge on any atom is -0.355 e. The van der Waals surface area contributed by atoms with Crippen LogP contribution in [0.1, 0.15) is 25.5 Å². The molecule has 2 heterocycles. The zero-order valence-electron chi connectivity index (χ0n) is 15.2. The van der Waals surface area contributed by atoms with E-state index in [4.69, 9.17) is 4.98 Å². The standard InChI is InChI=1S/C19H26FN5/c1-4-5-16-12-18(25-11-10-17(13-25)24(2)3)23-19(22-16)21-15-8-6-14(20)7-9-15/h6-9,12,17H,4-5,10-11,13H2,1-3H3,(H,21,22,23). The maximum Gasteiger partial charge on any atom is 0.229 e. The molecule has 1 aromatic carbocycles. The lowest BCUT2D eigenvalue weighted by molar-refractivity contribution is 0.315. The van der Waals surface area contributed by atoms with E-state index >= 15 is 0 Å². The molecule has 0 radical (unpaired) electrons. The van der Waals surface area contributed by atoms with E-state index in [0.29, 0.717) is 12.0 Å². The van der Waals surface area contributed by atoms with Crippen LogP contribution in [0.15, 0.2) is 30.3 Å². The van der Waals surface area contributed by atoms with E-state index < -0.39 is 0 Å². The number of anilines is 3. The number of nitrogens with zero attached hydrogens (tertiary/aromatic N) is 4. The van der Waals surface area contributed by atoms with Crippen molar-refractivity contribution in [1.29, 1.82) is 0 Å². The summed E-state index contributed by atoms with van der Waals surface area (Å²) in [5, 5.41) is 3.20. The first-order chi connectivity index (χ1) is 12.0. The van der Waals surface area contributed by atoms with Crippen molar-refractivity contribution < 1.29 is 4.39 Å². The van der Waals surface area contributed by atoms with Gasteiger partial charge in [-0.3, -0.25) is 0 Å². The lowest BCUT2D eigenvalue weighted by atomic mass is 10.2. The molecular formula is C19H26FN5. The zero-order chi connectivity index (χ0) is 17.8. The second-order valence-corrected chi connectivity index (χ2v) is 6.78. The molecule has 1 N–H and O–H groups in total. The van der Waals surface area contributed by atoms with Gasteiger partial charge in [-0.2, -0.15) is 4.98 Å². The molecule has 1 atom stereocenters. The highest BCUT2D eigenvalue weighted by Crippen LogP contribution is 2.24. The smallest absolute Gasteiger partial charge is 0.229 e. The fraction of sp³-hybridized carbons (Fsp3) is 0.474. The summed E-state index contributed by atoms with van der Waals surface area (Å²) in [5.74, 6) is 1.28. The molecule has 1 aromatic heterocycles. The number of likely N-dealkylation sites (N-methyl/N-ethyl adjacent to an activating group) is 1. The van der Waals surface area contributed by atoms with Crippen LogP contribution in [0.25, 0.3) is 0 Å². The van der Waals surface area contributed by atoms with Gasteiger partial charge in [0.15, 0.2) is 0 Å². The molecule has 25 heavy (non-hydrogen) atoms. The number of nitrogens with one attached hydrogen (secondary N) is 1. The maximum absolute atomic E-state index is 13.1. The minimum absolute atomic E-state index is 0.251. The van der Waals surface area contributed by atoms with Gasteiger partial charge in [0.25, 0.3) is 0 Å². The number of rotatable bonds is 6. The number of aryl methyl sites for hydroxylation is 1. The molecule has 0 aliphatic carbocycles. The van der Waals surface area contributed by atoms with Gasteiger partial charge >= 0.3 is 0 Å². The van der Waals surface area contributed by atoms with E-state index in [0.717, 1.165) is 49.6 Å². The average Bonchev–Trinajstić information content (AvgIpc) is 3.08. The minimum atomic E-state index is -0.251. The van der Waals surface area contributed by atoms with E-state index in [2.05, 4.69) is 47.2 Å². The number of hydrogen-bond acceptors (Lipinski definition) is 5. The van der Waals surface area contributed by atoms with Crippen LogP contribution in [0.3, 0.4) is 0 Å². The first-order valence-corrected chi connectivity index (χ1v) is 8.87. The molecule has 5 nitrogen and oxygen atoms in total. The first-order valence-electron chi connectivity index (χ1n) is 8.87. The van der Waals surface area contributed by atoms with Gasteiger partial charge < -0.3 is 15.1 Å². The number of aromatic nitrogens is 2. The zero-order valence-corrected chi connectivity index (χ0v) is 15.2. The van der Waals surface area contributed by atoms with Gasteiger partial charge in [0, 0.05) is 36.6 Å². The summed E-state index contributed by atoms with van der Waals surface area (Å²) in [5.41, 5.74) is 1.82. The Morgan fingerprint density at radius 2 is 2.00 bits per heavy atom. The monoisotopic (exact) mass is 343 g/mol. The molecule has 0 amide bonds. The predicted molar refractivity (Wildman–Crippen MR) is 100 cm³/mol. The Hall–Kier alpha value is -2.21. The molecule has 1 fully saturated rings. The summed E-state index contributed by atoms with van der Waals surface area (Å²) >= 11 is 0. The maximum atomic E-state index is 13.1. The Labute approximate surface area is 148 Å². The highest BCUT2D eigenvalue weighted by molar-refractivity contribution is 5.56. The Kier molecular flexibility index (Phi) is 5.48. The molecular weight excluding hydrogens is 317 g/mol. The molecule has 1 aliphatic heterocycles. The molecule has 0 spiro atoms. The fourth-order valence-corrected chi connectivity index (χ4v) is 3.12. The second kappa shape index (κ2) is 7.78. The van der Waals surface area contributed by atoms with Crippen molar-refractivity contribution >= 4 is 17.5 Å². The van der Waals surface area contributed by atoms with Gasteiger partial charge in [-0.15, -0.1) is 0 Å². The Balaban J connectivity index is 1.83. The lowest BCUT2D eigenvalue weighted by Gasteiger charge is -2.22. The highest BCUT2D eigenvalue weighted by Gasteiger charge is 2.25. The third-order valence-corrected chi connectivity index (χ3v) is 4.59. The molecule has 6 heteroatoms. The first kappa shape index (κ1) is 17.6.